The number of hydrogen-bond acceptors (Lipinski definition) is 6. The van der Waals surface area contributed by atoms with Gasteiger partial charge in [0.25, 0.3) is 5.91 Å². The van der Waals surface area contributed by atoms with Gasteiger partial charge in [-0.25, -0.2) is 9.78 Å². The standard InChI is InChI=1S/C18H22N4O4/c1-11-14(25-12-8-9-20-13(10-12)16(23)19-5)6-7-15(21-11)22-17(24)26-18(2,3)4/h6-10H,1-5H3,(H,19,23)(H,21,22,24). The summed E-state index contributed by atoms with van der Waals surface area (Å²) >= 11 is 0. The molecule has 0 fully saturated rings. The van der Waals surface area contributed by atoms with Crippen molar-refractivity contribution in [2.75, 3.05) is 12.4 Å². The number of carbonyl (C=O) groups excluding carboxylic acids is 2. The highest BCUT2D eigenvalue weighted by Crippen LogP contribution is 2.25. The topological polar surface area (TPSA) is 102 Å². The first-order chi connectivity index (χ1) is 12.2. The zero-order valence-electron chi connectivity index (χ0n) is 15.4. The van der Waals surface area contributed by atoms with E-state index in [9.17, 15) is 9.59 Å². The molecule has 0 saturated heterocycles. The zero-order valence-corrected chi connectivity index (χ0v) is 15.4. The maximum absolute atomic E-state index is 11.8. The Labute approximate surface area is 151 Å². The first-order valence-corrected chi connectivity index (χ1v) is 8.01. The van der Waals surface area contributed by atoms with Crippen LogP contribution in [0.3, 0.4) is 0 Å². The summed E-state index contributed by atoms with van der Waals surface area (Å²) in [4.78, 5) is 31.7. The molecule has 0 aliphatic heterocycles. The Bertz CT molecular complexity index is 815. The third-order valence-electron chi connectivity index (χ3n) is 3.09. The summed E-state index contributed by atoms with van der Waals surface area (Å²) in [6.07, 6.45) is 0.906. The molecule has 0 bridgehead atoms. The molecule has 0 aliphatic carbocycles. The number of nitrogens with zero attached hydrogens (tertiary/aromatic N) is 2. The number of anilines is 1. The molecule has 2 N–H and O–H groups in total. The molecule has 2 amide bonds. The lowest BCUT2D eigenvalue weighted by atomic mass is 10.2. The number of carbonyl (C=O) groups is 2. The van der Waals surface area contributed by atoms with E-state index in [4.69, 9.17) is 9.47 Å². The van der Waals surface area contributed by atoms with Gasteiger partial charge in [-0.05, 0) is 45.9 Å². The van der Waals surface area contributed by atoms with Crippen LogP contribution >= 0.6 is 0 Å². The lowest BCUT2D eigenvalue weighted by molar-refractivity contribution is 0.0635. The summed E-state index contributed by atoms with van der Waals surface area (Å²) in [5.74, 6) is 0.997. The van der Waals surface area contributed by atoms with E-state index in [0.29, 0.717) is 23.0 Å². The summed E-state index contributed by atoms with van der Waals surface area (Å²) < 4.78 is 10.9. The van der Waals surface area contributed by atoms with Crippen LogP contribution in [-0.2, 0) is 4.74 Å². The van der Waals surface area contributed by atoms with Gasteiger partial charge in [0.2, 0.25) is 0 Å². The average Bonchev–Trinajstić information content (AvgIpc) is 2.55. The molecule has 26 heavy (non-hydrogen) atoms. The largest absolute Gasteiger partial charge is 0.455 e. The minimum atomic E-state index is -0.591. The van der Waals surface area contributed by atoms with E-state index < -0.39 is 11.7 Å². The molecule has 0 aromatic carbocycles. The number of rotatable bonds is 4. The van der Waals surface area contributed by atoms with E-state index in [0.717, 1.165) is 0 Å². The third-order valence-corrected chi connectivity index (χ3v) is 3.09. The van der Waals surface area contributed by atoms with Gasteiger partial charge >= 0.3 is 6.09 Å². The van der Waals surface area contributed by atoms with Crippen molar-refractivity contribution >= 4 is 17.8 Å². The van der Waals surface area contributed by atoms with Gasteiger partial charge in [0.1, 0.15) is 28.6 Å². The molecule has 0 saturated carbocycles. The highest BCUT2D eigenvalue weighted by molar-refractivity contribution is 5.92. The lowest BCUT2D eigenvalue weighted by Gasteiger charge is -2.19. The molecule has 0 aliphatic rings. The second-order valence-electron chi connectivity index (χ2n) is 6.46. The smallest absolute Gasteiger partial charge is 0.413 e. The summed E-state index contributed by atoms with van der Waals surface area (Å²) in [5.41, 5.74) is 0.224. The third kappa shape index (κ3) is 5.44. The molecular weight excluding hydrogens is 336 g/mol. The first-order valence-electron chi connectivity index (χ1n) is 8.01. The Morgan fingerprint density at radius 2 is 1.88 bits per heavy atom. The van der Waals surface area contributed by atoms with Crippen LogP contribution in [-0.4, -0.2) is 34.6 Å². The molecular formula is C18H22N4O4. The van der Waals surface area contributed by atoms with Crippen molar-refractivity contribution in [3.8, 4) is 11.5 Å². The number of ether oxygens (including phenoxy) is 2. The van der Waals surface area contributed by atoms with Crippen LogP contribution in [0.2, 0.25) is 0 Å². The van der Waals surface area contributed by atoms with Gasteiger partial charge in [-0.15, -0.1) is 0 Å². The molecule has 2 rings (SSSR count). The van der Waals surface area contributed by atoms with Gasteiger partial charge < -0.3 is 14.8 Å². The number of amides is 2. The van der Waals surface area contributed by atoms with Crippen LogP contribution in [0.1, 0.15) is 37.0 Å². The monoisotopic (exact) mass is 358 g/mol. The van der Waals surface area contributed by atoms with Gasteiger partial charge in [0, 0.05) is 19.3 Å². The number of aryl methyl sites for hydroxylation is 1. The van der Waals surface area contributed by atoms with E-state index in [1.807, 2.05) is 0 Å². The maximum atomic E-state index is 11.8. The molecule has 0 unspecified atom stereocenters. The fourth-order valence-electron chi connectivity index (χ4n) is 1.99. The van der Waals surface area contributed by atoms with E-state index in [-0.39, 0.29) is 11.6 Å². The van der Waals surface area contributed by atoms with Crippen molar-refractivity contribution in [3.05, 3.63) is 41.9 Å². The van der Waals surface area contributed by atoms with Crippen molar-refractivity contribution in [2.24, 2.45) is 0 Å². The quantitative estimate of drug-likeness (QED) is 0.869. The highest BCUT2D eigenvalue weighted by atomic mass is 16.6. The molecule has 8 nitrogen and oxygen atoms in total. The first kappa shape index (κ1) is 19.2. The molecule has 2 aromatic rings. The molecule has 0 radical (unpaired) electrons. The van der Waals surface area contributed by atoms with Crippen molar-refractivity contribution in [2.45, 2.75) is 33.3 Å². The van der Waals surface area contributed by atoms with Gasteiger partial charge in [0.05, 0.1) is 5.69 Å². The Balaban J connectivity index is 2.10. The van der Waals surface area contributed by atoms with Gasteiger partial charge in [-0.2, -0.15) is 0 Å². The predicted octanol–water partition coefficient (Wildman–Crippen LogP) is 3.28. The Kier molecular flexibility index (Phi) is 5.76. The van der Waals surface area contributed by atoms with Crippen LogP contribution in [0, 0.1) is 6.92 Å². The fourth-order valence-corrected chi connectivity index (χ4v) is 1.99. The second-order valence-corrected chi connectivity index (χ2v) is 6.46. The lowest BCUT2D eigenvalue weighted by Crippen LogP contribution is -2.27. The minimum absolute atomic E-state index is 0.249. The Morgan fingerprint density at radius 1 is 1.15 bits per heavy atom. The molecule has 2 heterocycles. The van der Waals surface area contributed by atoms with Crippen LogP contribution in [0.4, 0.5) is 10.6 Å². The van der Waals surface area contributed by atoms with Crippen LogP contribution in [0.25, 0.3) is 0 Å². The van der Waals surface area contributed by atoms with Crippen molar-refractivity contribution in [1.82, 2.24) is 15.3 Å². The van der Waals surface area contributed by atoms with Crippen molar-refractivity contribution in [1.29, 1.82) is 0 Å². The number of aromatic nitrogens is 2. The SMILES string of the molecule is CNC(=O)c1cc(Oc2ccc(NC(=O)OC(C)(C)C)nc2C)ccn1. The fraction of sp³-hybridized carbons (Fsp3) is 0.333. The van der Waals surface area contributed by atoms with Crippen LogP contribution < -0.4 is 15.4 Å². The van der Waals surface area contributed by atoms with E-state index in [2.05, 4.69) is 20.6 Å². The van der Waals surface area contributed by atoms with Gasteiger partial charge in [-0.1, -0.05) is 0 Å². The molecule has 138 valence electrons. The summed E-state index contributed by atoms with van der Waals surface area (Å²) in [6.45, 7) is 7.09. The van der Waals surface area contributed by atoms with Crippen LogP contribution in [0.5, 0.6) is 11.5 Å². The second kappa shape index (κ2) is 7.81. The predicted molar refractivity (Wildman–Crippen MR) is 96.5 cm³/mol. The summed E-state index contributed by atoms with van der Waals surface area (Å²) in [7, 11) is 1.53. The highest BCUT2D eigenvalue weighted by Gasteiger charge is 2.17. The Hall–Kier alpha value is -3.16. The molecule has 8 heteroatoms. The van der Waals surface area contributed by atoms with E-state index >= 15 is 0 Å². The van der Waals surface area contributed by atoms with E-state index in [1.54, 1.807) is 45.9 Å². The van der Waals surface area contributed by atoms with Crippen molar-refractivity contribution in [3.63, 3.8) is 0 Å². The van der Waals surface area contributed by atoms with E-state index in [1.165, 1.54) is 19.3 Å². The molecule has 0 atom stereocenters. The summed E-state index contributed by atoms with van der Waals surface area (Å²) in [5, 5.41) is 5.08. The number of pyridine rings is 2. The zero-order chi connectivity index (χ0) is 19.3. The normalized spacial score (nSPS) is 10.8. The van der Waals surface area contributed by atoms with Crippen molar-refractivity contribution < 1.29 is 19.1 Å². The average molecular weight is 358 g/mol. The summed E-state index contributed by atoms with van der Waals surface area (Å²) in [6, 6.07) is 6.45. The maximum Gasteiger partial charge on any atom is 0.413 e. The Morgan fingerprint density at radius 3 is 2.50 bits per heavy atom. The van der Waals surface area contributed by atoms with Gasteiger partial charge in [-0.3, -0.25) is 15.1 Å². The number of hydrogen-bond donors (Lipinski definition) is 2. The van der Waals surface area contributed by atoms with Crippen LogP contribution in [0.15, 0.2) is 30.5 Å². The number of nitrogens with one attached hydrogen (secondary N) is 2. The minimum Gasteiger partial charge on any atom is -0.455 e. The molecule has 2 aromatic heterocycles. The van der Waals surface area contributed by atoms with Gasteiger partial charge in [0.15, 0.2) is 0 Å². The molecule has 0 spiro atoms.